The van der Waals surface area contributed by atoms with E-state index < -0.39 is 10.0 Å². The minimum absolute atomic E-state index is 0.165. The second-order valence-electron chi connectivity index (χ2n) is 8.42. The predicted octanol–water partition coefficient (Wildman–Crippen LogP) is 3.09. The van der Waals surface area contributed by atoms with Crippen molar-refractivity contribution in [1.29, 1.82) is 0 Å². The second-order valence-corrected chi connectivity index (χ2v) is 10.7. The molecule has 1 N–H and O–H groups in total. The SMILES string of the molecule is Cc1nn(CC(C)C)c(Cl)c1/C=C/C(=O)Nc1cccc(S(=O)(=O)N2CCN(C)CC2)c1. The summed E-state index contributed by atoms with van der Waals surface area (Å²) in [7, 11) is -1.64. The Morgan fingerprint density at radius 3 is 2.59 bits per heavy atom. The van der Waals surface area contributed by atoms with Crippen LogP contribution < -0.4 is 5.32 Å². The zero-order chi connectivity index (χ0) is 23.5. The van der Waals surface area contributed by atoms with Crippen LogP contribution in [0.15, 0.2) is 35.2 Å². The quantitative estimate of drug-likeness (QED) is 0.616. The van der Waals surface area contributed by atoms with E-state index in [1.165, 1.54) is 16.4 Å². The molecule has 1 fully saturated rings. The number of hydrogen-bond acceptors (Lipinski definition) is 5. The number of aromatic nitrogens is 2. The number of aryl methyl sites for hydroxylation is 1. The van der Waals surface area contributed by atoms with Gasteiger partial charge in [0.1, 0.15) is 5.15 Å². The monoisotopic (exact) mass is 479 g/mol. The largest absolute Gasteiger partial charge is 0.322 e. The first kappa shape index (κ1) is 24.4. The van der Waals surface area contributed by atoms with Gasteiger partial charge in [0.25, 0.3) is 0 Å². The maximum absolute atomic E-state index is 13.0. The van der Waals surface area contributed by atoms with Gasteiger partial charge in [0.15, 0.2) is 0 Å². The van der Waals surface area contributed by atoms with E-state index in [4.69, 9.17) is 11.6 Å². The van der Waals surface area contributed by atoms with Gasteiger partial charge in [-0.25, -0.2) is 8.42 Å². The van der Waals surface area contributed by atoms with Gasteiger partial charge in [-0.15, -0.1) is 0 Å². The lowest BCUT2D eigenvalue weighted by molar-refractivity contribution is -0.111. The van der Waals surface area contributed by atoms with E-state index in [1.54, 1.807) is 29.0 Å². The number of nitrogens with one attached hydrogen (secondary N) is 1. The van der Waals surface area contributed by atoms with Gasteiger partial charge in [0.2, 0.25) is 15.9 Å². The van der Waals surface area contributed by atoms with E-state index in [9.17, 15) is 13.2 Å². The first-order valence-electron chi connectivity index (χ1n) is 10.6. The number of nitrogens with zero attached hydrogens (tertiary/aromatic N) is 4. The summed E-state index contributed by atoms with van der Waals surface area (Å²) in [6, 6.07) is 6.32. The lowest BCUT2D eigenvalue weighted by atomic mass is 10.2. The Balaban J connectivity index is 1.71. The molecule has 0 radical (unpaired) electrons. The third-order valence-electron chi connectivity index (χ3n) is 5.25. The molecule has 10 heteroatoms. The maximum atomic E-state index is 13.0. The van der Waals surface area contributed by atoms with Crippen LogP contribution in [0.4, 0.5) is 5.69 Å². The van der Waals surface area contributed by atoms with E-state index in [2.05, 4.69) is 29.2 Å². The van der Waals surface area contributed by atoms with E-state index in [0.717, 1.165) is 5.69 Å². The van der Waals surface area contributed by atoms with Gasteiger partial charge in [0, 0.05) is 50.1 Å². The fourth-order valence-corrected chi connectivity index (χ4v) is 5.25. The highest BCUT2D eigenvalue weighted by Crippen LogP contribution is 2.23. The summed E-state index contributed by atoms with van der Waals surface area (Å²) in [6.45, 7) is 8.96. The highest BCUT2D eigenvalue weighted by Gasteiger charge is 2.27. The first-order valence-corrected chi connectivity index (χ1v) is 12.4. The summed E-state index contributed by atoms with van der Waals surface area (Å²) in [4.78, 5) is 14.7. The van der Waals surface area contributed by atoms with Gasteiger partial charge in [-0.05, 0) is 44.2 Å². The highest BCUT2D eigenvalue weighted by atomic mass is 35.5. The Labute approximate surface area is 194 Å². The van der Waals surface area contributed by atoms with E-state index in [1.807, 2.05) is 14.0 Å². The molecule has 0 bridgehead atoms. The molecule has 0 atom stereocenters. The minimum Gasteiger partial charge on any atom is -0.322 e. The van der Waals surface area contributed by atoms with Gasteiger partial charge in [-0.3, -0.25) is 9.48 Å². The molecule has 1 amide bonds. The summed E-state index contributed by atoms with van der Waals surface area (Å²) in [6.07, 6.45) is 3.00. The zero-order valence-corrected chi connectivity index (χ0v) is 20.4. The number of carbonyl (C=O) groups excluding carboxylic acids is 1. The summed E-state index contributed by atoms with van der Waals surface area (Å²) in [5.74, 6) is 0.00699. The number of carbonyl (C=O) groups is 1. The molecule has 0 unspecified atom stereocenters. The Morgan fingerprint density at radius 1 is 1.25 bits per heavy atom. The van der Waals surface area contributed by atoms with Crippen molar-refractivity contribution < 1.29 is 13.2 Å². The third kappa shape index (κ3) is 5.78. The number of amides is 1. The number of hydrogen-bond donors (Lipinski definition) is 1. The fourth-order valence-electron chi connectivity index (χ4n) is 3.48. The number of anilines is 1. The summed E-state index contributed by atoms with van der Waals surface area (Å²) in [5, 5.41) is 7.64. The van der Waals surface area contributed by atoms with Gasteiger partial charge in [0.05, 0.1) is 10.6 Å². The second kappa shape index (κ2) is 10.2. The predicted molar refractivity (Wildman–Crippen MR) is 127 cm³/mol. The van der Waals surface area contributed by atoms with Crippen molar-refractivity contribution in [2.24, 2.45) is 5.92 Å². The van der Waals surface area contributed by atoms with E-state index in [0.29, 0.717) is 55.0 Å². The van der Waals surface area contributed by atoms with Gasteiger partial charge in [-0.2, -0.15) is 9.40 Å². The molecule has 1 aliphatic heterocycles. The normalized spacial score (nSPS) is 16.2. The van der Waals surface area contributed by atoms with E-state index >= 15 is 0 Å². The van der Waals surface area contributed by atoms with Crippen molar-refractivity contribution in [2.75, 3.05) is 38.5 Å². The number of sulfonamides is 1. The number of benzene rings is 1. The summed E-state index contributed by atoms with van der Waals surface area (Å²) in [5.41, 5.74) is 1.84. The molecule has 0 saturated carbocycles. The first-order chi connectivity index (χ1) is 15.1. The van der Waals surface area contributed by atoms with Gasteiger partial charge >= 0.3 is 0 Å². The average molecular weight is 480 g/mol. The lowest BCUT2D eigenvalue weighted by Gasteiger charge is -2.31. The summed E-state index contributed by atoms with van der Waals surface area (Å²) < 4.78 is 29.1. The minimum atomic E-state index is -3.61. The number of likely N-dealkylation sites (N-methyl/N-ethyl adjacent to an activating group) is 1. The van der Waals surface area contributed by atoms with Gasteiger partial charge in [-0.1, -0.05) is 31.5 Å². The molecule has 2 heterocycles. The molecule has 1 aromatic heterocycles. The van der Waals surface area contributed by atoms with Crippen LogP contribution in [0.2, 0.25) is 5.15 Å². The highest BCUT2D eigenvalue weighted by molar-refractivity contribution is 7.89. The van der Waals surface area contributed by atoms with Crippen molar-refractivity contribution in [3.05, 3.63) is 46.8 Å². The molecule has 8 nitrogen and oxygen atoms in total. The van der Waals surface area contributed by atoms with Crippen LogP contribution in [0.25, 0.3) is 6.08 Å². The Kier molecular flexibility index (Phi) is 7.76. The molecular weight excluding hydrogens is 450 g/mol. The van der Waals surface area contributed by atoms with Crippen LogP contribution in [-0.2, 0) is 21.4 Å². The molecule has 174 valence electrons. The maximum Gasteiger partial charge on any atom is 0.248 e. The molecule has 3 rings (SSSR count). The van der Waals surface area contributed by atoms with Crippen molar-refractivity contribution in [3.8, 4) is 0 Å². The van der Waals surface area contributed by atoms with Crippen LogP contribution in [0.5, 0.6) is 0 Å². The molecule has 2 aromatic rings. The van der Waals surface area contributed by atoms with E-state index in [-0.39, 0.29) is 10.8 Å². The van der Waals surface area contributed by atoms with Crippen LogP contribution in [0.3, 0.4) is 0 Å². The molecule has 1 saturated heterocycles. The van der Waals surface area contributed by atoms with Crippen molar-refractivity contribution in [3.63, 3.8) is 0 Å². The average Bonchev–Trinajstić information content (AvgIpc) is 2.99. The number of rotatable bonds is 7. The standard InChI is InChI=1S/C22H30ClN5O3S/c1-16(2)15-28-22(23)20(17(3)25-28)8-9-21(29)24-18-6-5-7-19(14-18)32(30,31)27-12-10-26(4)11-13-27/h5-9,14,16H,10-13,15H2,1-4H3,(H,24,29)/b9-8+. The third-order valence-corrected chi connectivity index (χ3v) is 7.54. The molecule has 1 aliphatic rings. The van der Waals surface area contributed by atoms with Crippen LogP contribution in [0, 0.1) is 12.8 Å². The Bertz CT molecular complexity index is 1100. The van der Waals surface area contributed by atoms with Crippen LogP contribution in [0.1, 0.15) is 25.1 Å². The summed E-state index contributed by atoms with van der Waals surface area (Å²) >= 11 is 6.41. The Morgan fingerprint density at radius 2 is 1.94 bits per heavy atom. The lowest BCUT2D eigenvalue weighted by Crippen LogP contribution is -2.47. The van der Waals surface area contributed by atoms with Crippen LogP contribution in [-0.4, -0.2) is 66.5 Å². The molecule has 1 aromatic carbocycles. The molecular formula is C22H30ClN5O3S. The fraction of sp³-hybridized carbons (Fsp3) is 0.455. The number of halogens is 1. The zero-order valence-electron chi connectivity index (χ0n) is 18.9. The molecule has 0 aliphatic carbocycles. The number of piperazine rings is 1. The topological polar surface area (TPSA) is 87.5 Å². The molecule has 32 heavy (non-hydrogen) atoms. The van der Waals surface area contributed by atoms with Gasteiger partial charge < -0.3 is 10.2 Å². The van der Waals surface area contributed by atoms with Crippen LogP contribution >= 0.6 is 11.6 Å². The smallest absolute Gasteiger partial charge is 0.248 e. The molecule has 0 spiro atoms. The Hall–Kier alpha value is -2.20. The van der Waals surface area contributed by atoms with Crippen molar-refractivity contribution >= 4 is 39.3 Å². The van der Waals surface area contributed by atoms with Crippen molar-refractivity contribution in [1.82, 2.24) is 19.0 Å². The van der Waals surface area contributed by atoms with Crippen molar-refractivity contribution in [2.45, 2.75) is 32.2 Å².